The molecule has 0 atom stereocenters. The number of amides is 1. The van der Waals surface area contributed by atoms with Gasteiger partial charge in [-0.1, -0.05) is 30.3 Å². The van der Waals surface area contributed by atoms with Crippen LogP contribution in [0, 0.1) is 0 Å². The summed E-state index contributed by atoms with van der Waals surface area (Å²) < 4.78 is 4.58. The highest BCUT2D eigenvalue weighted by Crippen LogP contribution is 2.23. The summed E-state index contributed by atoms with van der Waals surface area (Å²) in [4.78, 5) is 23.2. The molecule has 2 rings (SSSR count). The van der Waals surface area contributed by atoms with Crippen LogP contribution in [0.3, 0.4) is 0 Å². The van der Waals surface area contributed by atoms with Gasteiger partial charge in [-0.15, -0.1) is 0 Å². The third-order valence-corrected chi connectivity index (χ3v) is 2.95. The molecule has 1 amide bonds. The average Bonchev–Trinajstić information content (AvgIpc) is 2.44. The van der Waals surface area contributed by atoms with Gasteiger partial charge in [0, 0.05) is 30.9 Å². The maximum atomic E-state index is 12.1. The van der Waals surface area contributed by atoms with Gasteiger partial charge in [0.15, 0.2) is 6.29 Å². The lowest BCUT2D eigenvalue weighted by Gasteiger charge is -2.14. The molecule has 0 radical (unpaired) electrons. The van der Waals surface area contributed by atoms with Gasteiger partial charge in [0.05, 0.1) is 5.56 Å². The third-order valence-electron chi connectivity index (χ3n) is 2.70. The Kier molecular flexibility index (Phi) is 3.64. The third kappa shape index (κ3) is 2.10. The van der Waals surface area contributed by atoms with Crippen LogP contribution in [-0.4, -0.2) is 24.3 Å². The molecule has 4 nitrogen and oxygen atoms in total. The highest BCUT2D eigenvalue weighted by molar-refractivity contribution is 7.75. The van der Waals surface area contributed by atoms with Crippen molar-refractivity contribution in [3.63, 3.8) is 0 Å². The number of carbonyl (C=O) groups is 2. The van der Waals surface area contributed by atoms with Gasteiger partial charge in [-0.3, -0.25) is 9.59 Å². The van der Waals surface area contributed by atoms with Crippen LogP contribution < -0.4 is 0 Å². The topological polar surface area (TPSA) is 46.6 Å². The van der Waals surface area contributed by atoms with Gasteiger partial charge in [-0.2, -0.15) is 0 Å². The van der Waals surface area contributed by atoms with Crippen molar-refractivity contribution in [2.24, 2.45) is 0 Å². The zero-order valence-corrected chi connectivity index (χ0v) is 10.6. The van der Waals surface area contributed by atoms with Crippen LogP contribution in [-0.2, 0) is 4.28 Å². The molecule has 0 aliphatic rings. The number of hydrogen-bond acceptors (Lipinski definition) is 4. The minimum atomic E-state index is -0.357. The van der Waals surface area contributed by atoms with E-state index in [0.29, 0.717) is 16.5 Å². The predicted molar refractivity (Wildman–Crippen MR) is 71.5 cm³/mol. The second kappa shape index (κ2) is 5.20. The van der Waals surface area contributed by atoms with Gasteiger partial charge in [0.25, 0.3) is 5.91 Å². The normalized spacial score (nSPS) is 10.3. The molecule has 0 bridgehead atoms. The van der Waals surface area contributed by atoms with Gasteiger partial charge in [0.2, 0.25) is 0 Å². The Balaban J connectivity index is 2.71. The Labute approximate surface area is 110 Å². The largest absolute Gasteiger partial charge is 0.298 e. The summed E-state index contributed by atoms with van der Waals surface area (Å²) in [5, 5.41) is 2.45. The summed E-state index contributed by atoms with van der Waals surface area (Å²) in [7, 11) is 1.46. The summed E-state index contributed by atoms with van der Waals surface area (Å²) in [5.41, 5.74) is 0.885. The van der Waals surface area contributed by atoms with Crippen molar-refractivity contribution in [2.75, 3.05) is 7.05 Å². The number of hydrogen-bond donors (Lipinski definition) is 1. The fourth-order valence-corrected chi connectivity index (χ4v) is 1.93. The lowest BCUT2D eigenvalue weighted by atomic mass is 9.99. The SMILES string of the molecule is CN(OS)C(=O)c1cccc2cccc(C=O)c12. The number of fused-ring (bicyclic) bond motifs is 1. The van der Waals surface area contributed by atoms with E-state index in [1.54, 1.807) is 24.3 Å². The quantitative estimate of drug-likeness (QED) is 0.399. The molecule has 2 aromatic carbocycles. The fraction of sp³-hybridized carbons (Fsp3) is 0.0769. The zero-order valence-electron chi connectivity index (χ0n) is 9.66. The smallest absolute Gasteiger partial charge is 0.278 e. The van der Waals surface area contributed by atoms with Crippen LogP contribution in [0.15, 0.2) is 36.4 Å². The maximum Gasteiger partial charge on any atom is 0.278 e. The first kappa shape index (κ1) is 12.6. The summed E-state index contributed by atoms with van der Waals surface area (Å²) in [6, 6.07) is 10.6. The predicted octanol–water partition coefficient (Wildman–Crippen LogP) is 2.50. The first-order chi connectivity index (χ1) is 8.69. The van der Waals surface area contributed by atoms with E-state index in [1.165, 1.54) is 7.05 Å². The summed E-state index contributed by atoms with van der Waals surface area (Å²) in [6.45, 7) is 0. The number of thiol groups is 1. The first-order valence-electron chi connectivity index (χ1n) is 5.25. The Morgan fingerprint density at radius 3 is 2.56 bits per heavy atom. The molecule has 0 saturated heterocycles. The van der Waals surface area contributed by atoms with Gasteiger partial charge in [-0.05, 0) is 11.5 Å². The zero-order chi connectivity index (χ0) is 13.1. The molecule has 0 aliphatic carbocycles. The number of aldehydes is 1. The molecule has 2 aromatic rings. The van der Waals surface area contributed by atoms with Gasteiger partial charge in [0.1, 0.15) is 0 Å². The molecule has 0 aliphatic heterocycles. The van der Waals surface area contributed by atoms with E-state index in [9.17, 15) is 9.59 Å². The van der Waals surface area contributed by atoms with E-state index >= 15 is 0 Å². The Morgan fingerprint density at radius 2 is 1.94 bits per heavy atom. The van der Waals surface area contributed by atoms with Crippen LogP contribution in [0.1, 0.15) is 20.7 Å². The second-order valence-electron chi connectivity index (χ2n) is 3.75. The molecule has 0 spiro atoms. The number of carbonyl (C=O) groups excluding carboxylic acids is 2. The Bertz CT molecular complexity index is 607. The van der Waals surface area contributed by atoms with Crippen molar-refractivity contribution in [1.29, 1.82) is 0 Å². The van der Waals surface area contributed by atoms with Crippen LogP contribution in [0.4, 0.5) is 0 Å². The molecule has 0 fully saturated rings. The van der Waals surface area contributed by atoms with Crippen molar-refractivity contribution in [1.82, 2.24) is 5.06 Å². The van der Waals surface area contributed by atoms with Crippen LogP contribution in [0.5, 0.6) is 0 Å². The minimum absolute atomic E-state index is 0.357. The molecule has 18 heavy (non-hydrogen) atoms. The number of benzene rings is 2. The average molecular weight is 261 g/mol. The van der Waals surface area contributed by atoms with E-state index in [4.69, 9.17) is 0 Å². The van der Waals surface area contributed by atoms with Gasteiger partial charge < -0.3 is 0 Å². The fourth-order valence-electron chi connectivity index (χ4n) is 1.85. The van der Waals surface area contributed by atoms with Crippen molar-refractivity contribution >= 4 is 35.9 Å². The molecule has 0 unspecified atom stereocenters. The number of nitrogens with zero attached hydrogens (tertiary/aromatic N) is 1. The van der Waals surface area contributed by atoms with Crippen LogP contribution in [0.2, 0.25) is 0 Å². The first-order valence-corrected chi connectivity index (χ1v) is 5.62. The van der Waals surface area contributed by atoms with Crippen molar-refractivity contribution < 1.29 is 13.9 Å². The highest BCUT2D eigenvalue weighted by atomic mass is 32.1. The van der Waals surface area contributed by atoms with E-state index in [2.05, 4.69) is 17.2 Å². The van der Waals surface area contributed by atoms with Gasteiger partial charge >= 0.3 is 0 Å². The van der Waals surface area contributed by atoms with Crippen molar-refractivity contribution in [3.05, 3.63) is 47.5 Å². The standard InChI is InChI=1S/C13H11NO3S/c1-14(17-18)13(16)11-7-3-5-9-4-2-6-10(8-15)12(9)11/h2-8,18H,1H3. The lowest BCUT2D eigenvalue weighted by molar-refractivity contribution is 0.00393. The van der Waals surface area contributed by atoms with E-state index < -0.39 is 0 Å². The molecule has 0 saturated carbocycles. The maximum absolute atomic E-state index is 12.1. The summed E-state index contributed by atoms with van der Waals surface area (Å²) in [6.07, 6.45) is 0.737. The monoisotopic (exact) mass is 261 g/mol. The summed E-state index contributed by atoms with van der Waals surface area (Å²) >= 11 is 3.58. The molecule has 0 N–H and O–H groups in total. The highest BCUT2D eigenvalue weighted by Gasteiger charge is 2.16. The lowest BCUT2D eigenvalue weighted by Crippen LogP contribution is -2.24. The van der Waals surface area contributed by atoms with E-state index in [1.807, 2.05) is 12.1 Å². The van der Waals surface area contributed by atoms with Gasteiger partial charge in [-0.25, -0.2) is 9.35 Å². The summed E-state index contributed by atoms with van der Waals surface area (Å²) in [5.74, 6) is -0.357. The molecule has 5 heteroatoms. The van der Waals surface area contributed by atoms with E-state index in [-0.39, 0.29) is 5.91 Å². The number of hydroxylamine groups is 2. The second-order valence-corrected chi connectivity index (χ2v) is 3.92. The molecule has 92 valence electrons. The van der Waals surface area contributed by atoms with Crippen molar-refractivity contribution in [3.8, 4) is 0 Å². The van der Waals surface area contributed by atoms with Crippen LogP contribution >= 0.6 is 12.9 Å². The molecule has 0 heterocycles. The Morgan fingerprint density at radius 1 is 1.28 bits per heavy atom. The Hall–Kier alpha value is -1.85. The van der Waals surface area contributed by atoms with Crippen LogP contribution in [0.25, 0.3) is 10.8 Å². The van der Waals surface area contributed by atoms with E-state index in [0.717, 1.165) is 16.7 Å². The molecule has 0 aromatic heterocycles. The minimum Gasteiger partial charge on any atom is -0.298 e. The molecular formula is C13H11NO3S. The van der Waals surface area contributed by atoms with Crippen molar-refractivity contribution in [2.45, 2.75) is 0 Å². The number of rotatable bonds is 3. The molecular weight excluding hydrogens is 250 g/mol.